The van der Waals surface area contributed by atoms with E-state index in [0.717, 1.165) is 12.8 Å². The maximum Gasteiger partial charge on any atom is 0.404 e. The lowest BCUT2D eigenvalue weighted by atomic mass is 9.93. The molecule has 1 fully saturated rings. The van der Waals surface area contributed by atoms with Crippen molar-refractivity contribution in [1.82, 2.24) is 15.0 Å². The van der Waals surface area contributed by atoms with Crippen molar-refractivity contribution in [3.8, 4) is 22.9 Å². The number of nitrogens with two attached hydrogens (primary N) is 2. The molecule has 9 nitrogen and oxygen atoms in total. The molecule has 2 heterocycles. The number of fused-ring (bicyclic) bond motifs is 1. The number of ether oxygens (including phenoxy) is 2. The summed E-state index contributed by atoms with van der Waals surface area (Å²) in [5.41, 5.74) is 12.8. The van der Waals surface area contributed by atoms with E-state index in [4.69, 9.17) is 20.9 Å². The highest BCUT2D eigenvalue weighted by molar-refractivity contribution is 5.98. The van der Waals surface area contributed by atoms with Gasteiger partial charge in [-0.3, -0.25) is 0 Å². The van der Waals surface area contributed by atoms with Crippen LogP contribution in [0, 0.1) is 12.7 Å². The molecule has 5 rings (SSSR count). The van der Waals surface area contributed by atoms with E-state index in [2.05, 4.69) is 20.3 Å². The Morgan fingerprint density at radius 1 is 1.03 bits per heavy atom. The number of anilines is 2. The Bertz CT molecular complexity index is 1460. The average Bonchev–Trinajstić information content (AvgIpc) is 2.91. The third-order valence-electron chi connectivity index (χ3n) is 6.56. The minimum absolute atomic E-state index is 0.0865. The molecule has 2 aromatic heterocycles. The fraction of sp³-hybridized carbons (Fsp3) is 0.259. The minimum Gasteiger partial charge on any atom is -0.446 e. The minimum atomic E-state index is -0.744. The van der Waals surface area contributed by atoms with Crippen molar-refractivity contribution in [2.75, 3.05) is 11.1 Å². The molecule has 4 aromatic rings. The van der Waals surface area contributed by atoms with E-state index in [1.807, 2.05) is 18.2 Å². The first-order chi connectivity index (χ1) is 17.9. The maximum atomic E-state index is 14.9. The molecular formula is C27H27FN6O3. The van der Waals surface area contributed by atoms with Crippen LogP contribution < -0.4 is 21.5 Å². The van der Waals surface area contributed by atoms with Crippen molar-refractivity contribution in [2.24, 2.45) is 5.73 Å². The number of benzene rings is 2. The third kappa shape index (κ3) is 5.09. The van der Waals surface area contributed by atoms with Crippen LogP contribution in [0.4, 0.5) is 20.8 Å². The number of carbonyl (C=O) groups excluding carboxylic acids is 1. The van der Waals surface area contributed by atoms with Crippen molar-refractivity contribution in [2.45, 2.75) is 44.8 Å². The molecule has 0 spiro atoms. The normalized spacial score (nSPS) is 17.4. The van der Waals surface area contributed by atoms with Crippen molar-refractivity contribution in [1.29, 1.82) is 0 Å². The number of hydrogen-bond donors (Lipinski definition) is 3. The molecule has 190 valence electrons. The Morgan fingerprint density at radius 2 is 1.78 bits per heavy atom. The number of halogens is 1. The number of nitrogens with one attached hydrogen (secondary N) is 1. The van der Waals surface area contributed by atoms with Gasteiger partial charge < -0.3 is 26.3 Å². The molecule has 0 bridgehead atoms. The van der Waals surface area contributed by atoms with Gasteiger partial charge in [-0.1, -0.05) is 24.3 Å². The average molecular weight is 503 g/mol. The van der Waals surface area contributed by atoms with Crippen LogP contribution in [0.3, 0.4) is 0 Å². The molecule has 1 aliphatic carbocycles. The smallest absolute Gasteiger partial charge is 0.404 e. The monoisotopic (exact) mass is 502 g/mol. The molecule has 0 atom stereocenters. The number of nitrogen functional groups attached to an aromatic ring is 1. The number of hydrogen-bond acceptors (Lipinski definition) is 8. The van der Waals surface area contributed by atoms with E-state index in [-0.39, 0.29) is 23.7 Å². The summed E-state index contributed by atoms with van der Waals surface area (Å²) >= 11 is 0. The van der Waals surface area contributed by atoms with Crippen molar-refractivity contribution in [3.05, 3.63) is 66.2 Å². The Kier molecular flexibility index (Phi) is 6.72. The summed E-state index contributed by atoms with van der Waals surface area (Å²) in [4.78, 5) is 24.5. The highest BCUT2D eigenvalue weighted by Crippen LogP contribution is 2.40. The van der Waals surface area contributed by atoms with E-state index >= 15 is 0 Å². The van der Waals surface area contributed by atoms with Gasteiger partial charge in [0.15, 0.2) is 5.82 Å². The van der Waals surface area contributed by atoms with Crippen LogP contribution in [0.15, 0.2) is 54.9 Å². The molecule has 1 amide bonds. The van der Waals surface area contributed by atoms with Gasteiger partial charge >= 0.3 is 6.09 Å². The second-order valence-corrected chi connectivity index (χ2v) is 9.01. The number of aromatic nitrogens is 3. The lowest BCUT2D eigenvalue weighted by Crippen LogP contribution is -2.32. The summed E-state index contributed by atoms with van der Waals surface area (Å²) in [7, 11) is 0. The molecule has 0 aliphatic heterocycles. The van der Waals surface area contributed by atoms with Gasteiger partial charge in [-0.05, 0) is 50.8 Å². The summed E-state index contributed by atoms with van der Waals surface area (Å²) in [6.45, 7) is 1.63. The number of pyridine rings is 1. The molecule has 1 saturated carbocycles. The molecule has 1 aliphatic rings. The van der Waals surface area contributed by atoms with Gasteiger partial charge in [0, 0.05) is 34.8 Å². The fourth-order valence-electron chi connectivity index (χ4n) is 4.68. The van der Waals surface area contributed by atoms with Gasteiger partial charge in [0.05, 0.1) is 16.9 Å². The largest absolute Gasteiger partial charge is 0.446 e. The van der Waals surface area contributed by atoms with Crippen LogP contribution in [0.5, 0.6) is 11.6 Å². The second kappa shape index (κ2) is 10.3. The first-order valence-electron chi connectivity index (χ1n) is 12.1. The van der Waals surface area contributed by atoms with Crippen LogP contribution in [0.2, 0.25) is 0 Å². The van der Waals surface area contributed by atoms with Crippen LogP contribution in [-0.4, -0.2) is 33.2 Å². The molecular weight excluding hydrogens is 475 g/mol. The van der Waals surface area contributed by atoms with Crippen LogP contribution >= 0.6 is 0 Å². The highest BCUT2D eigenvalue weighted by Gasteiger charge is 2.24. The Balaban J connectivity index is 1.41. The zero-order valence-corrected chi connectivity index (χ0v) is 20.3. The van der Waals surface area contributed by atoms with Gasteiger partial charge in [0.25, 0.3) is 0 Å². The molecule has 0 saturated heterocycles. The SMILES string of the molecule is Cc1c(F)c(N)c2ccccc2c1Oc1ncccc1-c1ccnc(N[C@H]2CC[C@H](OC(N)=O)CC2)n1. The zero-order chi connectivity index (χ0) is 25.9. The quantitative estimate of drug-likeness (QED) is 0.301. The maximum absolute atomic E-state index is 14.9. The van der Waals surface area contributed by atoms with E-state index in [9.17, 15) is 9.18 Å². The van der Waals surface area contributed by atoms with Crippen molar-refractivity contribution in [3.63, 3.8) is 0 Å². The van der Waals surface area contributed by atoms with Crippen molar-refractivity contribution >= 4 is 28.5 Å². The lowest BCUT2D eigenvalue weighted by molar-refractivity contribution is 0.0805. The molecule has 2 aromatic carbocycles. The number of primary amides is 1. The topological polar surface area (TPSA) is 138 Å². The Labute approximate surface area is 213 Å². The van der Waals surface area contributed by atoms with Gasteiger partial charge in [-0.2, -0.15) is 0 Å². The van der Waals surface area contributed by atoms with Gasteiger partial charge in [-0.25, -0.2) is 24.1 Å². The number of amides is 1. The summed E-state index contributed by atoms with van der Waals surface area (Å²) in [6.07, 6.45) is 5.38. The fourth-order valence-corrected chi connectivity index (χ4v) is 4.68. The zero-order valence-electron chi connectivity index (χ0n) is 20.3. The van der Waals surface area contributed by atoms with E-state index in [1.54, 1.807) is 43.6 Å². The van der Waals surface area contributed by atoms with Gasteiger partial charge in [0.2, 0.25) is 11.8 Å². The first kappa shape index (κ1) is 24.2. The predicted molar refractivity (Wildman–Crippen MR) is 139 cm³/mol. The summed E-state index contributed by atoms with van der Waals surface area (Å²) in [6, 6.07) is 12.8. The highest BCUT2D eigenvalue weighted by atomic mass is 19.1. The van der Waals surface area contributed by atoms with Crippen LogP contribution in [0.1, 0.15) is 31.2 Å². The predicted octanol–water partition coefficient (Wildman–Crippen LogP) is 5.33. The van der Waals surface area contributed by atoms with Gasteiger partial charge in [0.1, 0.15) is 11.9 Å². The number of nitrogens with zero attached hydrogens (tertiary/aromatic N) is 3. The summed E-state index contributed by atoms with van der Waals surface area (Å²) < 4.78 is 26.3. The van der Waals surface area contributed by atoms with Crippen LogP contribution in [-0.2, 0) is 4.74 Å². The first-order valence-corrected chi connectivity index (χ1v) is 12.1. The molecule has 5 N–H and O–H groups in total. The van der Waals surface area contributed by atoms with E-state index in [0.29, 0.717) is 52.1 Å². The third-order valence-corrected chi connectivity index (χ3v) is 6.56. The molecule has 10 heteroatoms. The van der Waals surface area contributed by atoms with E-state index in [1.165, 1.54) is 0 Å². The second-order valence-electron chi connectivity index (χ2n) is 9.01. The van der Waals surface area contributed by atoms with Gasteiger partial charge in [-0.15, -0.1) is 0 Å². The van der Waals surface area contributed by atoms with Crippen molar-refractivity contribution < 1.29 is 18.7 Å². The number of carbonyl (C=O) groups is 1. The Morgan fingerprint density at radius 3 is 2.54 bits per heavy atom. The molecule has 0 unspecified atom stereocenters. The standard InChI is InChI=1S/C27H27FN6O3/c1-15-22(28)23(29)18-5-2-3-6-19(18)24(15)37-25-20(7-4-13-31-25)21-12-14-32-27(34-21)33-16-8-10-17(11-9-16)36-26(30)35/h2-7,12-14,16-17H,8-11,29H2,1H3,(H2,30,35)(H,32,33,34)/t16-,17-. The lowest BCUT2D eigenvalue weighted by Gasteiger charge is -2.28. The molecule has 37 heavy (non-hydrogen) atoms. The molecule has 0 radical (unpaired) electrons. The van der Waals surface area contributed by atoms with E-state index < -0.39 is 11.9 Å². The number of rotatable bonds is 6. The summed E-state index contributed by atoms with van der Waals surface area (Å²) in [5.74, 6) is 0.584. The van der Waals surface area contributed by atoms with Crippen LogP contribution in [0.25, 0.3) is 22.0 Å². The summed E-state index contributed by atoms with van der Waals surface area (Å²) in [5, 5.41) is 4.63. The Hall–Kier alpha value is -4.47.